The number of nitrogens with zero attached hydrogens (tertiary/aromatic N) is 1. The number of fused-ring (bicyclic) bond motifs is 1. The minimum Gasteiger partial charge on any atom is -0.493 e. The highest BCUT2D eigenvalue weighted by Crippen LogP contribution is 2.16. The van der Waals surface area contributed by atoms with Crippen LogP contribution in [0.15, 0.2) is 60.7 Å². The monoisotopic (exact) mass is 319 g/mol. The molecular formula is C20H17NO3. The molecule has 0 atom stereocenters. The predicted molar refractivity (Wildman–Crippen MR) is 94.9 cm³/mol. The molecule has 0 spiro atoms. The van der Waals surface area contributed by atoms with Crippen molar-refractivity contribution in [1.29, 1.82) is 0 Å². The van der Waals surface area contributed by atoms with Crippen molar-refractivity contribution in [2.45, 2.75) is 6.42 Å². The number of hydrogen-bond acceptors (Lipinski definition) is 3. The first kappa shape index (κ1) is 15.7. The van der Waals surface area contributed by atoms with Gasteiger partial charge in [0.1, 0.15) is 5.75 Å². The Bertz CT molecular complexity index is 869. The molecule has 1 heterocycles. The minimum absolute atomic E-state index is 0.00468. The molecule has 0 amide bonds. The summed E-state index contributed by atoms with van der Waals surface area (Å²) in [5.74, 6) is -0.199. The number of hydrogen-bond donors (Lipinski definition) is 1. The summed E-state index contributed by atoms with van der Waals surface area (Å²) in [4.78, 5) is 15.0. The lowest BCUT2D eigenvalue weighted by molar-refractivity contribution is -0.137. The van der Waals surface area contributed by atoms with Crippen molar-refractivity contribution in [3.63, 3.8) is 0 Å². The van der Waals surface area contributed by atoms with E-state index in [1.54, 1.807) is 0 Å². The van der Waals surface area contributed by atoms with E-state index in [1.807, 2.05) is 66.7 Å². The number of pyridine rings is 1. The van der Waals surface area contributed by atoms with Crippen molar-refractivity contribution in [3.8, 4) is 5.75 Å². The van der Waals surface area contributed by atoms with Gasteiger partial charge in [0.25, 0.3) is 0 Å². The number of aromatic nitrogens is 1. The van der Waals surface area contributed by atoms with Crippen molar-refractivity contribution >= 4 is 29.0 Å². The van der Waals surface area contributed by atoms with E-state index in [0.29, 0.717) is 5.75 Å². The van der Waals surface area contributed by atoms with E-state index >= 15 is 0 Å². The summed E-state index contributed by atoms with van der Waals surface area (Å²) in [5.41, 5.74) is 2.90. The Morgan fingerprint density at radius 1 is 1.00 bits per heavy atom. The first-order chi connectivity index (χ1) is 11.7. The molecule has 0 saturated heterocycles. The number of carboxylic acid groups (broad SMARTS) is 1. The fourth-order valence-corrected chi connectivity index (χ4v) is 2.29. The Labute approximate surface area is 140 Å². The summed E-state index contributed by atoms with van der Waals surface area (Å²) in [7, 11) is 0. The van der Waals surface area contributed by atoms with Gasteiger partial charge < -0.3 is 9.84 Å². The van der Waals surface area contributed by atoms with Crippen molar-refractivity contribution < 1.29 is 14.6 Å². The topological polar surface area (TPSA) is 59.4 Å². The number of aliphatic carboxylic acids is 1. The van der Waals surface area contributed by atoms with Crippen LogP contribution in [0.4, 0.5) is 0 Å². The lowest BCUT2D eigenvalue weighted by atomic mass is 10.1. The number of carbonyl (C=O) groups is 1. The van der Waals surface area contributed by atoms with Crippen molar-refractivity contribution in [3.05, 3.63) is 71.9 Å². The summed E-state index contributed by atoms with van der Waals surface area (Å²) in [6, 6.07) is 19.6. The Balaban J connectivity index is 1.66. The van der Waals surface area contributed by atoms with Crippen LogP contribution in [0.2, 0.25) is 0 Å². The molecule has 2 aromatic carbocycles. The number of para-hydroxylation sites is 1. The molecular weight excluding hydrogens is 302 g/mol. The first-order valence-corrected chi connectivity index (χ1v) is 7.69. The molecule has 24 heavy (non-hydrogen) atoms. The van der Waals surface area contributed by atoms with E-state index in [0.717, 1.165) is 22.2 Å². The second kappa shape index (κ2) is 7.42. The van der Waals surface area contributed by atoms with E-state index in [4.69, 9.17) is 9.84 Å². The lowest BCUT2D eigenvalue weighted by Crippen LogP contribution is -2.04. The van der Waals surface area contributed by atoms with Gasteiger partial charge in [-0.3, -0.25) is 4.79 Å². The van der Waals surface area contributed by atoms with Crippen LogP contribution < -0.4 is 4.74 Å². The third-order valence-electron chi connectivity index (χ3n) is 3.53. The highest BCUT2D eigenvalue weighted by molar-refractivity contribution is 5.80. The summed E-state index contributed by atoms with van der Waals surface area (Å²) in [6.45, 7) is 0.172. The Morgan fingerprint density at radius 2 is 1.79 bits per heavy atom. The van der Waals surface area contributed by atoms with Crippen LogP contribution in [-0.4, -0.2) is 22.7 Å². The van der Waals surface area contributed by atoms with Crippen LogP contribution >= 0.6 is 0 Å². The predicted octanol–water partition coefficient (Wildman–Crippen LogP) is 4.26. The van der Waals surface area contributed by atoms with Crippen LogP contribution in [0.3, 0.4) is 0 Å². The van der Waals surface area contributed by atoms with Crippen LogP contribution in [0, 0.1) is 0 Å². The van der Waals surface area contributed by atoms with Crippen LogP contribution in [0.25, 0.3) is 23.1 Å². The highest BCUT2D eigenvalue weighted by Gasteiger charge is 1.99. The van der Waals surface area contributed by atoms with Gasteiger partial charge in [-0.25, -0.2) is 4.98 Å². The second-order valence-electron chi connectivity index (χ2n) is 5.32. The Hall–Kier alpha value is -3.14. The third-order valence-corrected chi connectivity index (χ3v) is 3.53. The smallest absolute Gasteiger partial charge is 0.306 e. The standard InChI is InChI=1S/C20H17NO3/c22-20(23)13-14-24-18-11-6-15(7-12-18)5-9-17-10-8-16-3-1-2-4-19(16)21-17/h1-12H,13-14H2,(H,22,23)/b9-5+. The van der Waals surface area contributed by atoms with E-state index in [1.165, 1.54) is 0 Å². The van der Waals surface area contributed by atoms with E-state index in [-0.39, 0.29) is 13.0 Å². The molecule has 0 bridgehead atoms. The number of rotatable bonds is 6. The minimum atomic E-state index is -0.863. The summed E-state index contributed by atoms with van der Waals surface area (Å²) in [6.07, 6.45) is 3.94. The first-order valence-electron chi connectivity index (χ1n) is 7.69. The molecule has 3 rings (SSSR count). The zero-order chi connectivity index (χ0) is 16.8. The molecule has 120 valence electrons. The maximum atomic E-state index is 10.5. The number of ether oxygens (including phenoxy) is 1. The second-order valence-corrected chi connectivity index (χ2v) is 5.32. The van der Waals surface area contributed by atoms with E-state index in [9.17, 15) is 4.79 Å². The molecule has 0 saturated carbocycles. The van der Waals surface area contributed by atoms with Gasteiger partial charge in [-0.05, 0) is 35.9 Å². The third kappa shape index (κ3) is 4.20. The average molecular weight is 319 g/mol. The van der Waals surface area contributed by atoms with Gasteiger partial charge in [-0.15, -0.1) is 0 Å². The lowest BCUT2D eigenvalue weighted by Gasteiger charge is -2.04. The van der Waals surface area contributed by atoms with Gasteiger partial charge in [0.2, 0.25) is 0 Å². The molecule has 4 nitrogen and oxygen atoms in total. The van der Waals surface area contributed by atoms with Crippen molar-refractivity contribution in [1.82, 2.24) is 4.98 Å². The van der Waals surface area contributed by atoms with Crippen LogP contribution in [0.5, 0.6) is 5.75 Å². The summed E-state index contributed by atoms with van der Waals surface area (Å²) < 4.78 is 5.37. The zero-order valence-corrected chi connectivity index (χ0v) is 13.1. The molecule has 3 aromatic rings. The molecule has 0 fully saturated rings. The maximum absolute atomic E-state index is 10.5. The van der Waals surface area contributed by atoms with Gasteiger partial charge in [0.05, 0.1) is 24.2 Å². The Kier molecular flexibility index (Phi) is 4.87. The molecule has 0 aliphatic rings. The summed E-state index contributed by atoms with van der Waals surface area (Å²) in [5, 5.41) is 9.71. The number of carboxylic acids is 1. The zero-order valence-electron chi connectivity index (χ0n) is 13.1. The van der Waals surface area contributed by atoms with Crippen LogP contribution in [-0.2, 0) is 4.79 Å². The molecule has 1 N–H and O–H groups in total. The highest BCUT2D eigenvalue weighted by atomic mass is 16.5. The molecule has 1 aromatic heterocycles. The molecule has 0 aliphatic heterocycles. The SMILES string of the molecule is O=C(O)CCOc1ccc(/C=C/c2ccc3ccccc3n2)cc1. The molecule has 4 heteroatoms. The molecule has 0 unspecified atom stereocenters. The van der Waals surface area contributed by atoms with Gasteiger partial charge >= 0.3 is 5.97 Å². The Morgan fingerprint density at radius 3 is 2.58 bits per heavy atom. The van der Waals surface area contributed by atoms with E-state index < -0.39 is 5.97 Å². The fraction of sp³-hybridized carbons (Fsp3) is 0.100. The van der Waals surface area contributed by atoms with Gasteiger partial charge in [-0.1, -0.05) is 42.5 Å². The molecule has 0 radical (unpaired) electrons. The fourth-order valence-electron chi connectivity index (χ4n) is 2.29. The van der Waals surface area contributed by atoms with Crippen LogP contribution in [0.1, 0.15) is 17.7 Å². The quantitative estimate of drug-likeness (QED) is 0.737. The number of benzene rings is 2. The van der Waals surface area contributed by atoms with Crippen molar-refractivity contribution in [2.75, 3.05) is 6.61 Å². The van der Waals surface area contributed by atoms with Gasteiger partial charge in [0.15, 0.2) is 0 Å². The maximum Gasteiger partial charge on any atom is 0.306 e. The van der Waals surface area contributed by atoms with Crippen molar-refractivity contribution in [2.24, 2.45) is 0 Å². The largest absolute Gasteiger partial charge is 0.493 e. The average Bonchev–Trinajstić information content (AvgIpc) is 2.60. The van der Waals surface area contributed by atoms with Gasteiger partial charge in [-0.2, -0.15) is 0 Å². The molecule has 0 aliphatic carbocycles. The normalized spacial score (nSPS) is 11.0. The van der Waals surface area contributed by atoms with E-state index in [2.05, 4.69) is 11.1 Å². The summed E-state index contributed by atoms with van der Waals surface area (Å²) >= 11 is 0. The van der Waals surface area contributed by atoms with Gasteiger partial charge in [0, 0.05) is 5.39 Å².